The van der Waals surface area contributed by atoms with Crippen LogP contribution in [-0.2, 0) is 5.41 Å². The van der Waals surface area contributed by atoms with Crippen molar-refractivity contribution < 1.29 is 39.6 Å². The molecule has 0 saturated heterocycles. The molecule has 238 valence electrons. The van der Waals surface area contributed by atoms with Gasteiger partial charge in [-0.1, -0.05) is 121 Å². The summed E-state index contributed by atoms with van der Waals surface area (Å²) in [7, 11) is 0. The summed E-state index contributed by atoms with van der Waals surface area (Å²) < 4.78 is 0. The van der Waals surface area contributed by atoms with E-state index in [9.17, 15) is 39.6 Å². The number of hydrogen-bond donors (Lipinski definition) is 4. The zero-order valence-electron chi connectivity index (χ0n) is 25.6. The number of rotatable bonds is 8. The molecule has 0 heterocycles. The third kappa shape index (κ3) is 4.77. The lowest BCUT2D eigenvalue weighted by molar-refractivity contribution is 0.0652. The van der Waals surface area contributed by atoms with Crippen molar-refractivity contribution in [3.05, 3.63) is 178 Å². The molecule has 6 aromatic rings. The molecule has 0 amide bonds. The topological polar surface area (TPSA) is 149 Å². The average Bonchev–Trinajstić information content (AvgIpc) is 3.42. The van der Waals surface area contributed by atoms with Crippen LogP contribution in [0, 0.1) is 0 Å². The lowest BCUT2D eigenvalue weighted by Gasteiger charge is -2.34. The van der Waals surface area contributed by atoms with Gasteiger partial charge in [-0.3, -0.25) is 0 Å². The molecule has 0 radical (unpaired) electrons. The number of carbonyl (C=O) groups is 4. The van der Waals surface area contributed by atoms with Crippen molar-refractivity contribution in [2.24, 2.45) is 0 Å². The predicted octanol–water partition coefficient (Wildman–Crippen LogP) is 8.18. The van der Waals surface area contributed by atoms with Crippen LogP contribution in [0.15, 0.2) is 133 Å². The van der Waals surface area contributed by atoms with Gasteiger partial charge in [0, 0.05) is 0 Å². The van der Waals surface area contributed by atoms with Crippen LogP contribution in [0.3, 0.4) is 0 Å². The molecule has 49 heavy (non-hydrogen) atoms. The molecule has 0 spiro atoms. The quantitative estimate of drug-likeness (QED) is 0.129. The molecule has 0 saturated carbocycles. The van der Waals surface area contributed by atoms with E-state index in [0.29, 0.717) is 11.1 Å². The first-order chi connectivity index (χ1) is 23.6. The Morgan fingerprint density at radius 1 is 0.367 bits per heavy atom. The molecule has 8 nitrogen and oxygen atoms in total. The normalized spacial score (nSPS) is 12.5. The van der Waals surface area contributed by atoms with Crippen LogP contribution in [0.25, 0.3) is 33.4 Å². The molecule has 8 heteroatoms. The highest BCUT2D eigenvalue weighted by Crippen LogP contribution is 2.56. The van der Waals surface area contributed by atoms with Gasteiger partial charge in [0.1, 0.15) is 0 Å². The molecule has 0 aliphatic heterocycles. The summed E-state index contributed by atoms with van der Waals surface area (Å²) in [6.07, 6.45) is 0. The molecule has 6 aromatic carbocycles. The van der Waals surface area contributed by atoms with Crippen molar-refractivity contribution in [1.82, 2.24) is 0 Å². The number of benzene rings is 6. The van der Waals surface area contributed by atoms with Gasteiger partial charge in [0.2, 0.25) is 0 Å². The smallest absolute Gasteiger partial charge is 0.337 e. The van der Waals surface area contributed by atoms with Crippen molar-refractivity contribution in [2.45, 2.75) is 5.41 Å². The SMILES string of the molecule is O=C(O)c1cccc(-c2ccc(C3(c4ccc(-c5cccc(C(=O)O)c5C(=O)O)cc4)c4ccccc4-c4ccccc43)cc2)c1C(=O)O. The number of fused-ring (bicyclic) bond motifs is 3. The van der Waals surface area contributed by atoms with E-state index in [1.54, 1.807) is 36.4 Å². The van der Waals surface area contributed by atoms with E-state index in [2.05, 4.69) is 24.3 Å². The first-order valence-corrected chi connectivity index (χ1v) is 15.2. The highest BCUT2D eigenvalue weighted by Gasteiger charge is 2.46. The van der Waals surface area contributed by atoms with Crippen molar-refractivity contribution in [3.8, 4) is 33.4 Å². The fraction of sp³-hybridized carbons (Fsp3) is 0.0244. The summed E-state index contributed by atoms with van der Waals surface area (Å²) in [5, 5.41) is 39.3. The van der Waals surface area contributed by atoms with E-state index < -0.39 is 29.3 Å². The standard InChI is InChI=1S/C41H26O8/c42-37(43)31-11-5-9-27(35(31)39(46)47)23-15-19-25(20-16-23)41(33-13-3-1-7-29(33)30-8-2-4-14-34(30)41)26-21-17-24(18-22-26)28-10-6-12-32(38(44)45)36(28)40(48)49/h1-22H,(H,42,43)(H,44,45)(H,46,47)(H,48,49). The van der Waals surface area contributed by atoms with Gasteiger partial charge in [-0.2, -0.15) is 0 Å². The van der Waals surface area contributed by atoms with Gasteiger partial charge in [-0.25, -0.2) is 19.2 Å². The van der Waals surface area contributed by atoms with Crippen LogP contribution >= 0.6 is 0 Å². The Hall–Kier alpha value is -6.80. The van der Waals surface area contributed by atoms with E-state index >= 15 is 0 Å². The maximum absolute atomic E-state index is 12.2. The molecule has 4 N–H and O–H groups in total. The molecule has 1 aliphatic rings. The first-order valence-electron chi connectivity index (χ1n) is 15.2. The molecule has 0 bridgehead atoms. The van der Waals surface area contributed by atoms with Gasteiger partial charge in [0.25, 0.3) is 0 Å². The second-order valence-corrected chi connectivity index (χ2v) is 11.7. The largest absolute Gasteiger partial charge is 0.478 e. The summed E-state index contributed by atoms with van der Waals surface area (Å²) in [5.41, 5.74) is 5.42. The lowest BCUT2D eigenvalue weighted by atomic mass is 9.67. The number of aromatic carboxylic acids is 4. The van der Waals surface area contributed by atoms with Gasteiger partial charge in [-0.15, -0.1) is 0 Å². The Balaban J connectivity index is 1.44. The Morgan fingerprint density at radius 3 is 1.06 bits per heavy atom. The van der Waals surface area contributed by atoms with Crippen molar-refractivity contribution in [1.29, 1.82) is 0 Å². The maximum atomic E-state index is 12.2. The Morgan fingerprint density at radius 2 is 0.714 bits per heavy atom. The number of carboxylic acid groups (broad SMARTS) is 4. The Bertz CT molecular complexity index is 2170. The Kier molecular flexibility index (Phi) is 7.41. The van der Waals surface area contributed by atoms with Crippen molar-refractivity contribution in [2.75, 3.05) is 0 Å². The predicted molar refractivity (Wildman–Crippen MR) is 182 cm³/mol. The summed E-state index contributed by atoms with van der Waals surface area (Å²) in [5.74, 6) is -5.34. The summed E-state index contributed by atoms with van der Waals surface area (Å²) in [4.78, 5) is 48.2. The summed E-state index contributed by atoms with van der Waals surface area (Å²) in [6, 6.07) is 39.7. The highest BCUT2D eigenvalue weighted by atomic mass is 16.4. The van der Waals surface area contributed by atoms with E-state index in [4.69, 9.17) is 0 Å². The van der Waals surface area contributed by atoms with Gasteiger partial charge in [-0.05, 0) is 67.8 Å². The van der Waals surface area contributed by atoms with Crippen LogP contribution in [0.2, 0.25) is 0 Å². The summed E-state index contributed by atoms with van der Waals surface area (Å²) >= 11 is 0. The minimum Gasteiger partial charge on any atom is -0.478 e. The Labute approximate surface area is 279 Å². The molecule has 0 fully saturated rings. The molecule has 0 atom stereocenters. The number of carboxylic acids is 4. The third-order valence-electron chi connectivity index (χ3n) is 9.23. The van der Waals surface area contributed by atoms with Gasteiger partial charge in [0.15, 0.2) is 0 Å². The second kappa shape index (κ2) is 11.8. The maximum Gasteiger partial charge on any atom is 0.337 e. The lowest BCUT2D eigenvalue weighted by Crippen LogP contribution is -2.28. The molecule has 1 aliphatic carbocycles. The van der Waals surface area contributed by atoms with E-state index in [0.717, 1.165) is 33.4 Å². The third-order valence-corrected chi connectivity index (χ3v) is 9.23. The van der Waals surface area contributed by atoms with Gasteiger partial charge < -0.3 is 20.4 Å². The number of hydrogen-bond acceptors (Lipinski definition) is 4. The van der Waals surface area contributed by atoms with E-state index in [1.165, 1.54) is 24.3 Å². The molecule has 7 rings (SSSR count). The minimum absolute atomic E-state index is 0.280. The van der Waals surface area contributed by atoms with E-state index in [1.807, 2.05) is 48.5 Å². The van der Waals surface area contributed by atoms with Gasteiger partial charge >= 0.3 is 23.9 Å². The van der Waals surface area contributed by atoms with Crippen LogP contribution in [0.5, 0.6) is 0 Å². The highest BCUT2D eigenvalue weighted by molar-refractivity contribution is 6.07. The van der Waals surface area contributed by atoms with E-state index in [-0.39, 0.29) is 33.4 Å². The average molecular weight is 647 g/mol. The summed E-state index contributed by atoms with van der Waals surface area (Å²) in [6.45, 7) is 0. The monoisotopic (exact) mass is 646 g/mol. The van der Waals surface area contributed by atoms with Crippen molar-refractivity contribution >= 4 is 23.9 Å². The van der Waals surface area contributed by atoms with Crippen LogP contribution in [0.4, 0.5) is 0 Å². The molecule has 0 aromatic heterocycles. The minimum atomic E-state index is -1.34. The molecular weight excluding hydrogens is 620 g/mol. The first kappa shape index (κ1) is 30.8. The van der Waals surface area contributed by atoms with Crippen LogP contribution < -0.4 is 0 Å². The fourth-order valence-electron chi connectivity index (χ4n) is 7.23. The zero-order valence-corrected chi connectivity index (χ0v) is 25.6. The van der Waals surface area contributed by atoms with Crippen LogP contribution in [0.1, 0.15) is 63.7 Å². The van der Waals surface area contributed by atoms with Crippen LogP contribution in [-0.4, -0.2) is 44.3 Å². The van der Waals surface area contributed by atoms with Crippen molar-refractivity contribution in [3.63, 3.8) is 0 Å². The zero-order chi connectivity index (χ0) is 34.4. The molecule has 0 unspecified atom stereocenters. The van der Waals surface area contributed by atoms with Gasteiger partial charge in [0.05, 0.1) is 27.7 Å². The molecular formula is C41H26O8. The second-order valence-electron chi connectivity index (χ2n) is 11.7. The fourth-order valence-corrected chi connectivity index (χ4v) is 7.23.